The third-order valence-corrected chi connectivity index (χ3v) is 6.10. The Morgan fingerprint density at radius 2 is 1.79 bits per heavy atom. The molecular weight excluding hydrogens is 372 g/mol. The van der Waals surface area contributed by atoms with E-state index in [1.54, 1.807) is 25.1 Å². The zero-order valence-corrected chi connectivity index (χ0v) is 18.1. The first-order chi connectivity index (χ1) is 13.2. The molecule has 1 atom stereocenters. The van der Waals surface area contributed by atoms with Gasteiger partial charge in [-0.2, -0.15) is 0 Å². The number of hydrogen-bond donors (Lipinski definition) is 1. The average Bonchev–Trinajstić information content (AvgIpc) is 2.64. The van der Waals surface area contributed by atoms with Crippen molar-refractivity contribution in [2.45, 2.75) is 53.1 Å². The van der Waals surface area contributed by atoms with Gasteiger partial charge in [0.2, 0.25) is 15.9 Å². The molecule has 5 nitrogen and oxygen atoms in total. The van der Waals surface area contributed by atoms with Crippen molar-refractivity contribution >= 4 is 21.6 Å². The van der Waals surface area contributed by atoms with Crippen LogP contribution in [0.2, 0.25) is 0 Å². The highest BCUT2D eigenvalue weighted by atomic mass is 32.2. The Balaban J connectivity index is 2.22. The number of carbonyl (C=O) groups is 1. The van der Waals surface area contributed by atoms with E-state index >= 15 is 0 Å². The maximum Gasteiger partial charge on any atom is 0.243 e. The fourth-order valence-corrected chi connectivity index (χ4v) is 4.48. The Bertz CT molecular complexity index is 939. The van der Waals surface area contributed by atoms with Crippen LogP contribution in [0.5, 0.6) is 0 Å². The molecule has 152 valence electrons. The second kappa shape index (κ2) is 9.24. The SMILES string of the molecule is CCc1ccc(CC)c(CNC(=O)C(C)N(c2cccc(C)c2)S(C)(=O)=O)c1. The van der Waals surface area contributed by atoms with E-state index in [9.17, 15) is 13.2 Å². The molecule has 0 fully saturated rings. The fraction of sp³-hybridized carbons (Fsp3) is 0.409. The summed E-state index contributed by atoms with van der Waals surface area (Å²) in [5, 5.41) is 2.92. The molecule has 0 saturated carbocycles. The zero-order chi connectivity index (χ0) is 20.9. The van der Waals surface area contributed by atoms with Crippen LogP contribution in [-0.2, 0) is 34.2 Å². The molecule has 2 aromatic rings. The highest BCUT2D eigenvalue weighted by Gasteiger charge is 2.29. The molecule has 0 aliphatic carbocycles. The second-order valence-corrected chi connectivity index (χ2v) is 8.96. The van der Waals surface area contributed by atoms with E-state index in [2.05, 4.69) is 37.4 Å². The lowest BCUT2D eigenvalue weighted by Crippen LogP contribution is -2.47. The van der Waals surface area contributed by atoms with Crippen LogP contribution in [0.1, 0.15) is 43.0 Å². The average molecular weight is 403 g/mol. The number of anilines is 1. The molecule has 0 heterocycles. The maximum atomic E-state index is 12.8. The van der Waals surface area contributed by atoms with Crippen molar-refractivity contribution in [2.75, 3.05) is 10.6 Å². The summed E-state index contributed by atoms with van der Waals surface area (Å²) in [6, 6.07) is 12.6. The third-order valence-electron chi connectivity index (χ3n) is 4.86. The molecule has 2 rings (SSSR count). The molecule has 1 N–H and O–H groups in total. The fourth-order valence-electron chi connectivity index (χ4n) is 3.31. The zero-order valence-electron chi connectivity index (χ0n) is 17.3. The summed E-state index contributed by atoms with van der Waals surface area (Å²) in [4.78, 5) is 12.8. The highest BCUT2D eigenvalue weighted by molar-refractivity contribution is 7.92. The Morgan fingerprint density at radius 3 is 2.36 bits per heavy atom. The Hall–Kier alpha value is -2.34. The quantitative estimate of drug-likeness (QED) is 0.734. The van der Waals surface area contributed by atoms with Crippen molar-refractivity contribution in [1.82, 2.24) is 5.32 Å². The van der Waals surface area contributed by atoms with E-state index < -0.39 is 16.1 Å². The molecule has 0 aliphatic heterocycles. The highest BCUT2D eigenvalue weighted by Crippen LogP contribution is 2.22. The van der Waals surface area contributed by atoms with Crippen LogP contribution in [0, 0.1) is 6.92 Å². The molecule has 28 heavy (non-hydrogen) atoms. The number of rotatable bonds is 8. The summed E-state index contributed by atoms with van der Waals surface area (Å²) in [6.07, 6.45) is 2.93. The summed E-state index contributed by atoms with van der Waals surface area (Å²) in [5.74, 6) is -0.323. The van der Waals surface area contributed by atoms with Crippen molar-refractivity contribution in [1.29, 1.82) is 0 Å². The van der Waals surface area contributed by atoms with Gasteiger partial charge in [-0.25, -0.2) is 8.42 Å². The molecule has 0 aliphatic rings. The molecule has 0 radical (unpaired) electrons. The summed E-state index contributed by atoms with van der Waals surface area (Å²) in [5.41, 5.74) is 4.90. The summed E-state index contributed by atoms with van der Waals surface area (Å²) >= 11 is 0. The van der Waals surface area contributed by atoms with E-state index in [0.29, 0.717) is 12.2 Å². The molecule has 0 bridgehead atoms. The maximum absolute atomic E-state index is 12.8. The van der Waals surface area contributed by atoms with E-state index in [1.807, 2.05) is 13.0 Å². The molecule has 0 aromatic heterocycles. The van der Waals surface area contributed by atoms with Crippen molar-refractivity contribution in [3.8, 4) is 0 Å². The predicted molar refractivity (Wildman–Crippen MR) is 115 cm³/mol. The lowest BCUT2D eigenvalue weighted by atomic mass is 10.0. The molecular formula is C22H30N2O3S. The van der Waals surface area contributed by atoms with Gasteiger partial charge in [0, 0.05) is 6.54 Å². The van der Waals surface area contributed by atoms with Gasteiger partial charge in [0.15, 0.2) is 0 Å². The number of sulfonamides is 1. The summed E-state index contributed by atoms with van der Waals surface area (Å²) < 4.78 is 26.0. The first kappa shape index (κ1) is 22.0. The van der Waals surface area contributed by atoms with E-state index in [1.165, 1.54) is 15.4 Å². The lowest BCUT2D eigenvalue weighted by molar-refractivity contribution is -0.122. The minimum Gasteiger partial charge on any atom is -0.350 e. The van der Waals surface area contributed by atoms with Crippen molar-refractivity contribution in [2.24, 2.45) is 0 Å². The largest absolute Gasteiger partial charge is 0.350 e. The van der Waals surface area contributed by atoms with Gasteiger partial charge < -0.3 is 5.32 Å². The normalized spacial score (nSPS) is 12.5. The predicted octanol–water partition coefficient (Wildman–Crippen LogP) is 3.59. The van der Waals surface area contributed by atoms with Crippen LogP contribution in [0.25, 0.3) is 0 Å². The van der Waals surface area contributed by atoms with Gasteiger partial charge in [-0.05, 0) is 61.1 Å². The van der Waals surface area contributed by atoms with Crippen LogP contribution >= 0.6 is 0 Å². The third kappa shape index (κ3) is 5.35. The number of nitrogens with zero attached hydrogens (tertiary/aromatic N) is 1. The van der Waals surface area contributed by atoms with Gasteiger partial charge in [0.1, 0.15) is 6.04 Å². The van der Waals surface area contributed by atoms with E-state index in [0.717, 1.165) is 30.2 Å². The number of carbonyl (C=O) groups excluding carboxylic acids is 1. The second-order valence-electron chi connectivity index (χ2n) is 7.10. The van der Waals surface area contributed by atoms with Crippen molar-refractivity contribution < 1.29 is 13.2 Å². The first-order valence-corrected chi connectivity index (χ1v) is 11.5. The minimum atomic E-state index is -3.61. The minimum absolute atomic E-state index is 0.323. The molecule has 0 saturated heterocycles. The van der Waals surface area contributed by atoms with Crippen LogP contribution in [0.3, 0.4) is 0 Å². The molecule has 1 unspecified atom stereocenters. The monoisotopic (exact) mass is 402 g/mol. The first-order valence-electron chi connectivity index (χ1n) is 9.61. The lowest BCUT2D eigenvalue weighted by Gasteiger charge is -2.28. The number of amides is 1. The Kier molecular flexibility index (Phi) is 7.24. The van der Waals surface area contributed by atoms with Gasteiger partial charge in [-0.15, -0.1) is 0 Å². The van der Waals surface area contributed by atoms with Crippen molar-refractivity contribution in [3.05, 3.63) is 64.7 Å². The van der Waals surface area contributed by atoms with Gasteiger partial charge in [-0.1, -0.05) is 44.2 Å². The topological polar surface area (TPSA) is 66.5 Å². The Labute approximate surface area is 168 Å². The number of aryl methyl sites for hydroxylation is 3. The molecule has 6 heteroatoms. The van der Waals surface area contributed by atoms with Crippen LogP contribution < -0.4 is 9.62 Å². The summed E-state index contributed by atoms with van der Waals surface area (Å²) in [7, 11) is -3.61. The van der Waals surface area contributed by atoms with Crippen molar-refractivity contribution in [3.63, 3.8) is 0 Å². The standard InChI is InChI=1S/C22H30N2O3S/c1-6-18-11-12-19(7-2)20(14-18)15-23-22(25)17(4)24(28(5,26)27)21-10-8-9-16(3)13-21/h8-14,17H,6-7,15H2,1-5H3,(H,23,25). The molecule has 1 amide bonds. The number of benzene rings is 2. The number of hydrogen-bond acceptors (Lipinski definition) is 3. The van der Waals surface area contributed by atoms with E-state index in [-0.39, 0.29) is 5.91 Å². The van der Waals surface area contributed by atoms with Crippen LogP contribution in [0.4, 0.5) is 5.69 Å². The van der Waals surface area contributed by atoms with E-state index in [4.69, 9.17) is 0 Å². The Morgan fingerprint density at radius 1 is 1.07 bits per heavy atom. The van der Waals surface area contributed by atoms with Crippen LogP contribution in [-0.4, -0.2) is 26.6 Å². The van der Waals surface area contributed by atoms with Crippen LogP contribution in [0.15, 0.2) is 42.5 Å². The van der Waals surface area contributed by atoms with Gasteiger partial charge in [-0.3, -0.25) is 9.10 Å². The van der Waals surface area contributed by atoms with Gasteiger partial charge >= 0.3 is 0 Å². The van der Waals surface area contributed by atoms with Gasteiger partial charge in [0.05, 0.1) is 11.9 Å². The van der Waals surface area contributed by atoms with Gasteiger partial charge in [0.25, 0.3) is 0 Å². The number of nitrogens with one attached hydrogen (secondary N) is 1. The smallest absolute Gasteiger partial charge is 0.243 e. The molecule has 0 spiro atoms. The molecule has 2 aromatic carbocycles. The summed E-state index contributed by atoms with van der Waals surface area (Å²) in [6.45, 7) is 8.06.